The van der Waals surface area contributed by atoms with Crippen molar-refractivity contribution in [3.63, 3.8) is 0 Å². The number of rotatable bonds is 36. The van der Waals surface area contributed by atoms with E-state index in [0.717, 1.165) is 134 Å². The Hall–Kier alpha value is -8.21. The molecule has 0 spiro atoms. The van der Waals surface area contributed by atoms with Crippen LogP contribution in [0, 0.1) is 0 Å². The first-order valence-electron chi connectivity index (χ1n) is 32.5. The minimum absolute atomic E-state index is 0.0345. The van der Waals surface area contributed by atoms with Crippen molar-refractivity contribution >= 4 is 63.4 Å². The second kappa shape index (κ2) is 33.2. The summed E-state index contributed by atoms with van der Waals surface area (Å²) in [6.07, 6.45) is 15.4. The zero-order chi connectivity index (χ0) is 65.0. The highest BCUT2D eigenvalue weighted by Crippen LogP contribution is 2.62. The number of aryl methyl sites for hydroxylation is 1. The first kappa shape index (κ1) is 68.7. The van der Waals surface area contributed by atoms with Gasteiger partial charge in [-0.15, -0.1) is 0 Å². The molecular formula is C68H91N13O10. The molecule has 91 heavy (non-hydrogen) atoms. The zero-order valence-corrected chi connectivity index (χ0v) is 53.1. The van der Waals surface area contributed by atoms with E-state index in [1.54, 1.807) is 19.0 Å². The van der Waals surface area contributed by atoms with Gasteiger partial charge in [-0.3, -0.25) is 33.3 Å². The summed E-state index contributed by atoms with van der Waals surface area (Å²) in [5.74, 6) is -2.55. The average Bonchev–Trinajstić information content (AvgIpc) is 0.931. The molecule has 0 saturated carbocycles. The highest BCUT2D eigenvalue weighted by Gasteiger charge is 2.52. The number of carbonyl (C=O) groups is 6. The van der Waals surface area contributed by atoms with Crippen molar-refractivity contribution < 1.29 is 37.9 Å². The third-order valence-corrected chi connectivity index (χ3v) is 18.1. The summed E-state index contributed by atoms with van der Waals surface area (Å²) in [5, 5.41) is 13.5. The smallest absolute Gasteiger partial charge is 0.378 e. The van der Waals surface area contributed by atoms with Gasteiger partial charge in [-0.1, -0.05) is 81.1 Å². The van der Waals surface area contributed by atoms with Crippen LogP contribution < -0.4 is 44.5 Å². The molecule has 9 rings (SSSR count). The van der Waals surface area contributed by atoms with E-state index in [-0.39, 0.29) is 98.1 Å². The normalized spacial score (nSPS) is 16.8. The van der Waals surface area contributed by atoms with E-state index in [2.05, 4.69) is 44.2 Å². The molecule has 4 aliphatic rings. The maximum absolute atomic E-state index is 14.7. The largest absolute Gasteiger partial charge is 0.422 e. The summed E-state index contributed by atoms with van der Waals surface area (Å²) in [7, 11) is 4.71. The number of carbonyl (C=O) groups excluding carboxylic acids is 6. The van der Waals surface area contributed by atoms with E-state index in [9.17, 15) is 43.9 Å². The van der Waals surface area contributed by atoms with Gasteiger partial charge in [-0.05, 0) is 165 Å². The Kier molecular flexibility index (Phi) is 25.1. The van der Waals surface area contributed by atoms with Gasteiger partial charge >= 0.3 is 11.4 Å². The molecule has 1 aliphatic heterocycles. The molecule has 1 saturated heterocycles. The van der Waals surface area contributed by atoms with Gasteiger partial charge in [0.25, 0.3) is 5.91 Å². The molecule has 9 N–H and O–H groups in total. The third-order valence-electron chi connectivity index (χ3n) is 18.1. The summed E-state index contributed by atoms with van der Waals surface area (Å²) in [6.45, 7) is 2.47. The topological polar surface area (TPSA) is 336 Å². The Labute approximate surface area is 531 Å². The van der Waals surface area contributed by atoms with Gasteiger partial charge < -0.3 is 57.0 Å². The van der Waals surface area contributed by atoms with Gasteiger partial charge in [0.15, 0.2) is 0 Å². The van der Waals surface area contributed by atoms with Crippen LogP contribution in [0.2, 0.25) is 0 Å². The molecule has 2 unspecified atom stereocenters. The van der Waals surface area contributed by atoms with Crippen molar-refractivity contribution in [3.05, 3.63) is 143 Å². The fourth-order valence-corrected chi connectivity index (χ4v) is 13.1. The number of ether oxygens (including phenoxy) is 1. The number of likely N-dealkylation sites (tertiary alicyclic amines) is 1. The third kappa shape index (κ3) is 17.0. The summed E-state index contributed by atoms with van der Waals surface area (Å²) >= 11 is 0. The van der Waals surface area contributed by atoms with Crippen molar-refractivity contribution in [3.8, 4) is 0 Å². The molecule has 1 fully saturated rings. The summed E-state index contributed by atoms with van der Waals surface area (Å²) in [6, 6.07) is 20.7. The second-order valence-electron chi connectivity index (χ2n) is 24.5. The first-order chi connectivity index (χ1) is 44.0. The van der Waals surface area contributed by atoms with E-state index in [1.807, 2.05) is 36.4 Å². The van der Waals surface area contributed by atoms with Gasteiger partial charge in [0.2, 0.25) is 29.5 Å². The Balaban J connectivity index is 1.00. The molecule has 2 atom stereocenters. The second-order valence-corrected chi connectivity index (χ2v) is 24.5. The number of benzene rings is 4. The lowest BCUT2D eigenvalue weighted by Gasteiger charge is -2.51. The van der Waals surface area contributed by atoms with Crippen molar-refractivity contribution in [2.45, 2.75) is 158 Å². The maximum Gasteiger partial charge on any atom is 0.422 e. The molecule has 6 amide bonds. The number of azide groups is 1. The van der Waals surface area contributed by atoms with Crippen LogP contribution in [-0.4, -0.2) is 133 Å². The van der Waals surface area contributed by atoms with Gasteiger partial charge in [-0.2, -0.15) is 0 Å². The molecule has 1 aromatic heterocycles. The lowest BCUT2D eigenvalue weighted by atomic mass is 9.51. The van der Waals surface area contributed by atoms with Crippen LogP contribution in [0.5, 0.6) is 0 Å². The van der Waals surface area contributed by atoms with Crippen LogP contribution in [0.15, 0.2) is 91.9 Å². The van der Waals surface area contributed by atoms with Crippen LogP contribution in [0.4, 0.5) is 17.1 Å². The number of anilines is 3. The van der Waals surface area contributed by atoms with Crippen molar-refractivity contribution in [2.24, 2.45) is 29.4 Å². The van der Waals surface area contributed by atoms with Gasteiger partial charge in [-0.25, -0.2) is 9.59 Å². The number of hydrogen-bond donors (Lipinski definition) is 6. The fourth-order valence-electron chi connectivity index (χ4n) is 13.1. The molecule has 0 radical (unpaired) electrons. The fraction of sp³-hybridized carbons (Fsp3) is 0.529. The quantitative estimate of drug-likeness (QED) is 0.00947. The summed E-state index contributed by atoms with van der Waals surface area (Å²) in [5.41, 5.74) is 32.6. The number of unbranched alkanes of at least 4 members (excludes halogenated alkanes) is 12. The number of nitrogens with one attached hydrogen (secondary N) is 3. The standard InChI is InChI=1S/C68H91N13O10/c1-78(35-37-90-38-36-79(2)65(87)58-43-49(76-77-72)44-81(58)64(86)45-22-26-53-57(39-45)80(3)67(89)91-66(53)88)62(85)30-31-68-54-40-46(73-59(82)19-13-7-4-10-16-32-69)23-27-50(54)63(51-28-24-47(41-55(51)68)74-60(83)20-14-8-5-11-17-33-70)52-29-25-48(42-56(52)68)75-61(84)21-15-9-6-12-18-34-71/h22-29,39-42,49,58,63H,4-21,30-38,43-44,69-71H2,1-3H3,(H,73,82)(H,74,83)(H,75,84). The molecule has 2 bridgehead atoms. The summed E-state index contributed by atoms with van der Waals surface area (Å²) < 4.78 is 11.9. The Morgan fingerprint density at radius 1 is 0.637 bits per heavy atom. The van der Waals surface area contributed by atoms with E-state index in [4.69, 9.17) is 26.4 Å². The number of hydrogen-bond acceptors (Lipinski definition) is 14. The number of nitrogens with zero attached hydrogens (tertiary/aromatic N) is 7. The van der Waals surface area contributed by atoms with Gasteiger partial charge in [0.05, 0.1) is 30.2 Å². The molecular weight excluding hydrogens is 1160 g/mol. The molecule has 2 heterocycles. The maximum atomic E-state index is 14.7. The van der Waals surface area contributed by atoms with Crippen LogP contribution in [-0.2, 0) is 41.2 Å². The molecule has 23 nitrogen and oxygen atoms in total. The lowest BCUT2D eigenvalue weighted by molar-refractivity contribution is -0.134. The molecule has 488 valence electrons. The van der Waals surface area contributed by atoms with E-state index >= 15 is 0 Å². The molecule has 5 aromatic rings. The Morgan fingerprint density at radius 3 is 1.57 bits per heavy atom. The number of likely N-dealkylation sites (N-methyl/N-ethyl adjacent to an activating group) is 2. The first-order valence-corrected chi connectivity index (χ1v) is 32.5. The van der Waals surface area contributed by atoms with Crippen LogP contribution in [0.3, 0.4) is 0 Å². The average molecular weight is 1250 g/mol. The highest BCUT2D eigenvalue weighted by molar-refractivity contribution is 6.01. The minimum atomic E-state index is -1.01. The molecule has 3 aliphatic carbocycles. The monoisotopic (exact) mass is 1250 g/mol. The Bertz CT molecular complexity index is 3380. The van der Waals surface area contributed by atoms with Crippen LogP contribution in [0.25, 0.3) is 21.3 Å². The minimum Gasteiger partial charge on any atom is -0.378 e. The summed E-state index contributed by atoms with van der Waals surface area (Å²) in [4.78, 5) is 116. The van der Waals surface area contributed by atoms with E-state index < -0.39 is 40.7 Å². The number of nitrogens with two attached hydrogens (primary N) is 3. The number of aromatic nitrogens is 1. The van der Waals surface area contributed by atoms with Crippen molar-refractivity contribution in [1.29, 1.82) is 0 Å². The number of fused-ring (bicyclic) bond motifs is 1. The lowest BCUT2D eigenvalue weighted by Crippen LogP contribution is -2.47. The molecule has 4 aromatic carbocycles. The molecule has 23 heteroatoms. The van der Waals surface area contributed by atoms with Crippen LogP contribution >= 0.6 is 0 Å². The van der Waals surface area contributed by atoms with Gasteiger partial charge in [0, 0.05) is 105 Å². The number of amides is 6. The van der Waals surface area contributed by atoms with Gasteiger partial charge in [0.1, 0.15) is 6.04 Å². The predicted molar refractivity (Wildman–Crippen MR) is 352 cm³/mol. The van der Waals surface area contributed by atoms with Crippen molar-refractivity contribution in [1.82, 2.24) is 19.3 Å². The zero-order valence-electron chi connectivity index (χ0n) is 53.1. The predicted octanol–water partition coefficient (Wildman–Crippen LogP) is 8.65. The van der Waals surface area contributed by atoms with E-state index in [1.165, 1.54) is 35.0 Å². The SMILES string of the molecule is CN(CCOCCN(C)C(=O)C1CC(N=[N+]=[N-])CN1C(=O)c1ccc2c(=O)oc(=O)n(C)c2c1)C(=O)CCC12c3cc(NC(=O)CCCCCCCN)ccc3C(c3ccc(NC(=O)CCCCCCCN)cc31)c1ccc(NC(=O)CCCCCCCN)cc12. The highest BCUT2D eigenvalue weighted by atomic mass is 16.5. The van der Waals surface area contributed by atoms with E-state index in [0.29, 0.717) is 56.0 Å². The van der Waals surface area contributed by atoms with Crippen molar-refractivity contribution in [2.75, 3.05) is 82.5 Å². The van der Waals surface area contributed by atoms with Crippen LogP contribution in [0.1, 0.15) is 184 Å². The Morgan fingerprint density at radius 2 is 1.10 bits per heavy atom.